The number of aliphatic hydroxyl groups excluding tert-OH is 3. The van der Waals surface area contributed by atoms with Crippen molar-refractivity contribution in [3.8, 4) is 0 Å². The van der Waals surface area contributed by atoms with Gasteiger partial charge in [0.1, 0.15) is 36.8 Å². The molecule has 1 rings (SSSR count). The Morgan fingerprint density at radius 2 is 1.02 bits per heavy atom. The third-order valence-electron chi connectivity index (χ3n) is 10.5. The molecule has 6 atom stereocenters. The van der Waals surface area contributed by atoms with Gasteiger partial charge in [0, 0.05) is 12.8 Å². The predicted octanol–water partition coefficient (Wildman–Crippen LogP) is 9.39. The largest absolute Gasteiger partial charge is 0.462 e. The van der Waals surface area contributed by atoms with Crippen molar-refractivity contribution in [1.29, 1.82) is 0 Å². The number of hydrogen-bond donors (Lipinski definition) is 4. The average Bonchev–Trinajstić information content (AvgIpc) is 3.20. The van der Waals surface area contributed by atoms with Gasteiger partial charge in [-0.15, -0.1) is 0 Å². The van der Waals surface area contributed by atoms with Gasteiger partial charge in [-0.2, -0.15) is 8.42 Å². The Kier molecular flexibility index (Phi) is 34.0. The molecule has 59 heavy (non-hydrogen) atoms. The summed E-state index contributed by atoms with van der Waals surface area (Å²) in [5.74, 6) is -2.01. The van der Waals surface area contributed by atoms with Crippen molar-refractivity contribution >= 4 is 22.1 Å². The van der Waals surface area contributed by atoms with Crippen LogP contribution in [0.2, 0.25) is 0 Å². The first kappa shape index (κ1) is 54.9. The van der Waals surface area contributed by atoms with E-state index >= 15 is 0 Å². The minimum absolute atomic E-state index is 0.162. The molecule has 0 spiro atoms. The number of hydrogen-bond acceptors (Lipinski definition) is 11. The van der Waals surface area contributed by atoms with E-state index in [1.807, 2.05) is 0 Å². The summed E-state index contributed by atoms with van der Waals surface area (Å²) in [6, 6.07) is 0. The number of rotatable bonds is 38. The molecule has 13 heteroatoms. The molecule has 0 aromatic rings. The Morgan fingerprint density at radius 1 is 0.576 bits per heavy atom. The monoisotopic (exact) mass is 859 g/mol. The second-order valence-corrected chi connectivity index (χ2v) is 17.6. The van der Waals surface area contributed by atoms with Crippen LogP contribution in [0.3, 0.4) is 0 Å². The lowest BCUT2D eigenvalue weighted by Gasteiger charge is -2.40. The van der Waals surface area contributed by atoms with E-state index in [1.165, 1.54) is 83.5 Å². The third-order valence-corrected chi connectivity index (χ3v) is 11.2. The second kappa shape index (κ2) is 36.5. The van der Waals surface area contributed by atoms with Gasteiger partial charge in [0.05, 0.1) is 6.61 Å². The van der Waals surface area contributed by atoms with Gasteiger partial charge in [0.15, 0.2) is 12.4 Å². The summed E-state index contributed by atoms with van der Waals surface area (Å²) in [5.41, 5.74) is 0. The van der Waals surface area contributed by atoms with Crippen molar-refractivity contribution in [2.24, 2.45) is 0 Å². The van der Waals surface area contributed by atoms with E-state index in [9.17, 15) is 37.9 Å². The molecule has 2 unspecified atom stereocenters. The summed E-state index contributed by atoms with van der Waals surface area (Å²) in [7, 11) is -4.60. The molecule has 1 fully saturated rings. The minimum Gasteiger partial charge on any atom is -0.462 e. The first-order valence-electron chi connectivity index (χ1n) is 23.0. The van der Waals surface area contributed by atoms with Gasteiger partial charge in [-0.1, -0.05) is 159 Å². The molecule has 0 aromatic heterocycles. The van der Waals surface area contributed by atoms with Gasteiger partial charge in [-0.25, -0.2) is 0 Å². The number of allylic oxidation sites excluding steroid dienone is 6. The number of ether oxygens (including phenoxy) is 4. The highest BCUT2D eigenvalue weighted by atomic mass is 32.2. The zero-order chi connectivity index (χ0) is 43.4. The van der Waals surface area contributed by atoms with Gasteiger partial charge in [0.2, 0.25) is 0 Å². The molecule has 1 heterocycles. The lowest BCUT2D eigenvalue weighted by Crippen LogP contribution is -2.60. The average molecular weight is 859 g/mol. The van der Waals surface area contributed by atoms with E-state index in [1.54, 1.807) is 0 Å². The maximum absolute atomic E-state index is 12.8. The fourth-order valence-corrected chi connectivity index (χ4v) is 7.55. The summed E-state index contributed by atoms with van der Waals surface area (Å²) in [6.45, 7) is 3.72. The molecular weight excluding hydrogens is 777 g/mol. The summed E-state index contributed by atoms with van der Waals surface area (Å²) in [4.78, 5) is 25.4. The number of carbonyl (C=O) groups excluding carboxylic acids is 2. The number of esters is 2. The summed E-state index contributed by atoms with van der Waals surface area (Å²) in [5, 5.41) is 30.9. The van der Waals surface area contributed by atoms with E-state index in [2.05, 4.69) is 50.3 Å². The first-order valence-corrected chi connectivity index (χ1v) is 24.7. The van der Waals surface area contributed by atoms with Gasteiger partial charge in [-0.3, -0.25) is 14.1 Å². The Morgan fingerprint density at radius 3 is 1.54 bits per heavy atom. The smallest absolute Gasteiger partial charge is 0.306 e. The quantitative estimate of drug-likeness (QED) is 0.0200. The normalized spacial score (nSPS) is 20.5. The highest BCUT2D eigenvalue weighted by molar-refractivity contribution is 7.85. The molecule has 0 saturated carbocycles. The van der Waals surface area contributed by atoms with Crippen LogP contribution in [0, 0.1) is 0 Å². The third kappa shape index (κ3) is 31.4. The van der Waals surface area contributed by atoms with E-state index in [0.717, 1.165) is 64.2 Å². The van der Waals surface area contributed by atoms with Crippen molar-refractivity contribution in [2.45, 2.75) is 224 Å². The van der Waals surface area contributed by atoms with Crippen molar-refractivity contribution in [1.82, 2.24) is 0 Å². The van der Waals surface area contributed by atoms with Crippen LogP contribution in [0.4, 0.5) is 0 Å². The zero-order valence-electron chi connectivity index (χ0n) is 36.6. The molecular formula is C46H82O12S. The van der Waals surface area contributed by atoms with Crippen molar-refractivity contribution in [3.05, 3.63) is 36.5 Å². The first-order chi connectivity index (χ1) is 28.5. The molecule has 344 valence electrons. The van der Waals surface area contributed by atoms with Crippen molar-refractivity contribution in [3.63, 3.8) is 0 Å². The molecule has 0 amide bonds. The van der Waals surface area contributed by atoms with E-state index < -0.39 is 71.2 Å². The number of unbranched alkanes of at least 4 members (excludes halogenated alkanes) is 20. The van der Waals surface area contributed by atoms with Gasteiger partial charge >= 0.3 is 11.9 Å². The Balaban J connectivity index is 2.45. The molecule has 4 N–H and O–H groups in total. The van der Waals surface area contributed by atoms with Gasteiger partial charge in [0.25, 0.3) is 10.1 Å². The standard InChI is InChI=1S/C46H82O12S/c1-3-5-7-9-11-13-15-17-19-20-21-23-24-26-28-30-32-34-41(47)55-36-39(37-56-46-45(51)44(50)43(49)40(58-46)38-59(52,53)54)57-42(48)35-33-31-29-27-25-22-18-16-14-12-10-8-6-4-2/h11,13,17,19,21,23,39-40,43-46,49-51H,3-10,12,14-16,18,20,22,24-38H2,1-2H3,(H,52,53,54)/b13-11+,19-17+,23-21+/t39-,40-,43-,44?,45?,46+/m1/s1. The molecule has 0 aromatic carbocycles. The van der Waals surface area contributed by atoms with Crippen molar-refractivity contribution in [2.75, 3.05) is 19.0 Å². The fraction of sp³-hybridized carbons (Fsp3) is 0.826. The molecule has 1 aliphatic rings. The number of carbonyl (C=O) groups is 2. The highest BCUT2D eigenvalue weighted by Crippen LogP contribution is 2.24. The Labute approximate surface area is 357 Å². The van der Waals surface area contributed by atoms with Gasteiger partial charge in [-0.05, 0) is 51.4 Å². The zero-order valence-corrected chi connectivity index (χ0v) is 37.4. The van der Waals surface area contributed by atoms with Gasteiger partial charge < -0.3 is 34.3 Å². The Hall–Kier alpha value is -2.13. The van der Waals surface area contributed by atoms with E-state index in [0.29, 0.717) is 12.8 Å². The minimum atomic E-state index is -4.60. The number of aliphatic hydroxyl groups is 3. The van der Waals surface area contributed by atoms with Crippen molar-refractivity contribution < 1.29 is 56.8 Å². The van der Waals surface area contributed by atoms with Crippen LogP contribution in [-0.2, 0) is 38.7 Å². The predicted molar refractivity (Wildman–Crippen MR) is 233 cm³/mol. The molecule has 12 nitrogen and oxygen atoms in total. The SMILES string of the molecule is CCCCC/C=C/C/C=C/C/C=C/CCCCCCC(=O)OC[C@H](CO[C@H]1O[C@H](CS(=O)(=O)O)[C@@H](O)C(O)C1O)OC(=O)CCCCCCCCCCCCCCCC. The summed E-state index contributed by atoms with van der Waals surface area (Å²) in [6.07, 6.45) is 31.8. The van der Waals surface area contributed by atoms with Crippen LogP contribution in [-0.4, -0.2) is 96.0 Å². The molecule has 0 radical (unpaired) electrons. The van der Waals surface area contributed by atoms with Crippen LogP contribution in [0.1, 0.15) is 187 Å². The Bertz CT molecular complexity index is 1240. The van der Waals surface area contributed by atoms with Crippen LogP contribution >= 0.6 is 0 Å². The van der Waals surface area contributed by atoms with Crippen LogP contribution in [0.15, 0.2) is 36.5 Å². The van der Waals surface area contributed by atoms with Crippen LogP contribution in [0.5, 0.6) is 0 Å². The maximum Gasteiger partial charge on any atom is 0.306 e. The fourth-order valence-electron chi connectivity index (χ4n) is 6.86. The maximum atomic E-state index is 12.8. The molecule has 0 bridgehead atoms. The molecule has 0 aliphatic carbocycles. The lowest BCUT2D eigenvalue weighted by atomic mass is 10.00. The van der Waals surface area contributed by atoms with Crippen LogP contribution < -0.4 is 0 Å². The van der Waals surface area contributed by atoms with E-state index in [4.69, 9.17) is 18.9 Å². The van der Waals surface area contributed by atoms with E-state index in [-0.39, 0.29) is 19.4 Å². The lowest BCUT2D eigenvalue weighted by molar-refractivity contribution is -0.297. The van der Waals surface area contributed by atoms with Crippen LogP contribution in [0.25, 0.3) is 0 Å². The topological polar surface area (TPSA) is 186 Å². The molecule has 1 saturated heterocycles. The summed E-state index contributed by atoms with van der Waals surface area (Å²) < 4.78 is 54.0. The molecule has 1 aliphatic heterocycles. The second-order valence-electron chi connectivity index (χ2n) is 16.1. The highest BCUT2D eigenvalue weighted by Gasteiger charge is 2.46. The summed E-state index contributed by atoms with van der Waals surface area (Å²) >= 11 is 0.